The van der Waals surface area contributed by atoms with Gasteiger partial charge in [0, 0.05) is 14.5 Å². The van der Waals surface area contributed by atoms with Gasteiger partial charge in [-0.1, -0.05) is 31.9 Å². The van der Waals surface area contributed by atoms with Crippen LogP contribution in [0.1, 0.15) is 12.0 Å². The molecule has 0 saturated carbocycles. The summed E-state index contributed by atoms with van der Waals surface area (Å²) in [4.78, 5) is 0. The minimum atomic E-state index is -2.62. The standard InChI is InChI=1S/C7H3Br2F3/c8-4-1-3(10)2-5(9)6(4)7(11)12/h1-2,7H. The Bertz CT molecular complexity index is 276. The average Bonchev–Trinajstić information content (AvgIpc) is 1.82. The van der Waals surface area contributed by atoms with Crippen LogP contribution >= 0.6 is 31.9 Å². The molecule has 0 nitrogen and oxygen atoms in total. The van der Waals surface area contributed by atoms with E-state index in [0.29, 0.717) is 0 Å². The summed E-state index contributed by atoms with van der Waals surface area (Å²) in [5.74, 6) is -0.557. The van der Waals surface area contributed by atoms with Gasteiger partial charge in [-0.05, 0) is 12.1 Å². The van der Waals surface area contributed by atoms with Gasteiger partial charge < -0.3 is 0 Å². The molecule has 0 N–H and O–H groups in total. The van der Waals surface area contributed by atoms with Gasteiger partial charge in [-0.25, -0.2) is 13.2 Å². The van der Waals surface area contributed by atoms with Gasteiger partial charge in [0.15, 0.2) is 0 Å². The largest absolute Gasteiger partial charge is 0.266 e. The Labute approximate surface area is 84.0 Å². The van der Waals surface area contributed by atoms with E-state index in [1.165, 1.54) is 0 Å². The molecule has 0 aliphatic heterocycles. The first-order valence-electron chi connectivity index (χ1n) is 2.95. The fourth-order valence-electron chi connectivity index (χ4n) is 0.762. The molecule has 1 rings (SSSR count). The van der Waals surface area contributed by atoms with Gasteiger partial charge in [-0.2, -0.15) is 0 Å². The number of hydrogen-bond acceptors (Lipinski definition) is 0. The topological polar surface area (TPSA) is 0 Å². The van der Waals surface area contributed by atoms with E-state index >= 15 is 0 Å². The third kappa shape index (κ3) is 2.01. The second-order valence-corrected chi connectivity index (χ2v) is 3.79. The fraction of sp³-hybridized carbons (Fsp3) is 0.143. The highest BCUT2D eigenvalue weighted by Gasteiger charge is 2.16. The van der Waals surface area contributed by atoms with Crippen molar-refractivity contribution >= 4 is 31.9 Å². The highest BCUT2D eigenvalue weighted by molar-refractivity contribution is 9.11. The maximum absolute atomic E-state index is 12.6. The smallest absolute Gasteiger partial charge is 0.207 e. The highest BCUT2D eigenvalue weighted by atomic mass is 79.9. The average molecular weight is 304 g/mol. The van der Waals surface area contributed by atoms with Crippen LogP contribution in [0.2, 0.25) is 0 Å². The van der Waals surface area contributed by atoms with Crippen LogP contribution in [0.4, 0.5) is 13.2 Å². The summed E-state index contributed by atoms with van der Waals surface area (Å²) in [6.45, 7) is 0. The molecule has 5 heteroatoms. The van der Waals surface area contributed by atoms with Crippen molar-refractivity contribution in [1.82, 2.24) is 0 Å². The molecule has 0 unspecified atom stereocenters. The van der Waals surface area contributed by atoms with Gasteiger partial charge in [0.2, 0.25) is 0 Å². The minimum Gasteiger partial charge on any atom is -0.207 e. The Morgan fingerprint density at radius 3 is 1.83 bits per heavy atom. The zero-order valence-corrected chi connectivity index (χ0v) is 8.79. The van der Waals surface area contributed by atoms with Crippen LogP contribution in [0.5, 0.6) is 0 Å². The molecule has 12 heavy (non-hydrogen) atoms. The first kappa shape index (κ1) is 10.1. The summed E-state index contributed by atoms with van der Waals surface area (Å²) >= 11 is 5.70. The number of rotatable bonds is 1. The molecule has 1 aromatic carbocycles. The van der Waals surface area contributed by atoms with Crippen molar-refractivity contribution in [3.63, 3.8) is 0 Å². The van der Waals surface area contributed by atoms with Crippen LogP contribution in [0, 0.1) is 5.82 Å². The van der Waals surface area contributed by atoms with E-state index in [1.807, 2.05) is 0 Å². The Morgan fingerprint density at radius 2 is 1.50 bits per heavy atom. The Hall–Kier alpha value is -0.0300. The van der Waals surface area contributed by atoms with Gasteiger partial charge >= 0.3 is 0 Å². The van der Waals surface area contributed by atoms with E-state index in [2.05, 4.69) is 31.9 Å². The first-order chi connectivity index (χ1) is 5.52. The molecule has 1 aromatic rings. The Kier molecular flexibility index (Phi) is 3.17. The van der Waals surface area contributed by atoms with E-state index < -0.39 is 12.2 Å². The lowest BCUT2D eigenvalue weighted by molar-refractivity contribution is 0.149. The number of halogens is 5. The SMILES string of the molecule is Fc1cc(Br)c(C(F)F)c(Br)c1. The van der Waals surface area contributed by atoms with Crippen LogP contribution in [0.25, 0.3) is 0 Å². The Morgan fingerprint density at radius 1 is 1.08 bits per heavy atom. The van der Waals surface area contributed by atoms with Crippen LogP contribution in [0.15, 0.2) is 21.1 Å². The third-order valence-corrected chi connectivity index (χ3v) is 2.57. The molecular weight excluding hydrogens is 301 g/mol. The number of benzene rings is 1. The summed E-state index contributed by atoms with van der Waals surface area (Å²) in [5.41, 5.74) is -0.226. The van der Waals surface area contributed by atoms with Crippen LogP contribution in [-0.4, -0.2) is 0 Å². The second kappa shape index (κ2) is 3.79. The summed E-state index contributed by atoms with van der Waals surface area (Å²) in [6, 6.07) is 2.01. The predicted molar refractivity (Wildman–Crippen MR) is 46.8 cm³/mol. The predicted octanol–water partition coefficient (Wildman–Crippen LogP) is 4.29. The molecule has 0 atom stereocenters. The van der Waals surface area contributed by atoms with Crippen molar-refractivity contribution in [3.8, 4) is 0 Å². The molecule has 0 spiro atoms. The van der Waals surface area contributed by atoms with E-state index in [4.69, 9.17) is 0 Å². The lowest BCUT2D eigenvalue weighted by Gasteiger charge is -2.05. The second-order valence-electron chi connectivity index (χ2n) is 2.08. The van der Waals surface area contributed by atoms with Gasteiger partial charge in [-0.15, -0.1) is 0 Å². The van der Waals surface area contributed by atoms with Crippen LogP contribution in [-0.2, 0) is 0 Å². The highest BCUT2D eigenvalue weighted by Crippen LogP contribution is 2.34. The normalized spacial score (nSPS) is 10.8. The third-order valence-electron chi connectivity index (χ3n) is 1.26. The molecule has 0 saturated heterocycles. The molecule has 0 aliphatic rings. The quantitative estimate of drug-likeness (QED) is 0.726. The van der Waals surface area contributed by atoms with Gasteiger partial charge in [-0.3, -0.25) is 0 Å². The summed E-state index contributed by atoms with van der Waals surface area (Å²) in [5, 5.41) is 0. The molecule has 0 radical (unpaired) electrons. The zero-order chi connectivity index (χ0) is 9.30. The van der Waals surface area contributed by atoms with Crippen molar-refractivity contribution in [2.24, 2.45) is 0 Å². The molecule has 0 aromatic heterocycles. The fourth-order valence-corrected chi connectivity index (χ4v) is 2.24. The van der Waals surface area contributed by atoms with Crippen LogP contribution in [0.3, 0.4) is 0 Å². The summed E-state index contributed by atoms with van der Waals surface area (Å²) in [7, 11) is 0. The van der Waals surface area contributed by atoms with Gasteiger partial charge in [0.1, 0.15) is 5.82 Å². The molecule has 0 bridgehead atoms. The first-order valence-corrected chi connectivity index (χ1v) is 4.53. The molecule has 66 valence electrons. The van der Waals surface area contributed by atoms with E-state index in [9.17, 15) is 13.2 Å². The van der Waals surface area contributed by atoms with Crippen molar-refractivity contribution in [2.45, 2.75) is 6.43 Å². The van der Waals surface area contributed by atoms with Gasteiger partial charge in [0.05, 0.1) is 0 Å². The maximum Gasteiger partial charge on any atom is 0.266 e. The van der Waals surface area contributed by atoms with Crippen molar-refractivity contribution in [1.29, 1.82) is 0 Å². The van der Waals surface area contributed by atoms with Crippen molar-refractivity contribution in [2.75, 3.05) is 0 Å². The van der Waals surface area contributed by atoms with Crippen molar-refractivity contribution < 1.29 is 13.2 Å². The van der Waals surface area contributed by atoms with E-state index in [1.54, 1.807) is 0 Å². The summed E-state index contributed by atoms with van der Waals surface area (Å²) in [6.07, 6.45) is -2.62. The van der Waals surface area contributed by atoms with Gasteiger partial charge in [0.25, 0.3) is 6.43 Å². The molecular formula is C7H3Br2F3. The number of hydrogen-bond donors (Lipinski definition) is 0. The molecule has 0 fully saturated rings. The lowest BCUT2D eigenvalue weighted by Crippen LogP contribution is -1.89. The lowest BCUT2D eigenvalue weighted by atomic mass is 10.2. The molecule has 0 heterocycles. The monoisotopic (exact) mass is 302 g/mol. The van der Waals surface area contributed by atoms with Crippen LogP contribution < -0.4 is 0 Å². The maximum atomic E-state index is 12.6. The summed E-state index contributed by atoms with van der Waals surface area (Å²) < 4.78 is 37.2. The van der Waals surface area contributed by atoms with Crippen molar-refractivity contribution in [3.05, 3.63) is 32.5 Å². The minimum absolute atomic E-state index is 0.0735. The molecule has 0 aliphatic carbocycles. The van der Waals surface area contributed by atoms with E-state index in [-0.39, 0.29) is 14.5 Å². The molecule has 0 amide bonds. The zero-order valence-electron chi connectivity index (χ0n) is 5.62. The number of alkyl halides is 2. The van der Waals surface area contributed by atoms with E-state index in [0.717, 1.165) is 12.1 Å². The Balaban J connectivity index is 3.28.